The molecule has 1 aromatic heterocycles. The van der Waals surface area contributed by atoms with Gasteiger partial charge < -0.3 is 4.90 Å². The zero-order chi connectivity index (χ0) is 9.97. The molecule has 0 aliphatic carbocycles. The molecule has 2 nitrogen and oxygen atoms in total. The summed E-state index contributed by atoms with van der Waals surface area (Å²) in [4.78, 5) is 14.7. The highest BCUT2D eigenvalue weighted by Crippen LogP contribution is 2.22. The molecule has 1 saturated heterocycles. The van der Waals surface area contributed by atoms with Crippen LogP contribution in [0.5, 0.6) is 0 Å². The highest BCUT2D eigenvalue weighted by Gasteiger charge is 2.28. The lowest BCUT2D eigenvalue weighted by molar-refractivity contribution is 0.0754. The molecule has 2 rings (SSSR count). The van der Waals surface area contributed by atoms with Crippen molar-refractivity contribution in [3.8, 4) is 0 Å². The number of alkyl halides is 1. The molecule has 0 unspecified atom stereocenters. The average Bonchev–Trinajstić information content (AvgIpc) is 2.87. The number of thiophene rings is 1. The van der Waals surface area contributed by atoms with Crippen molar-refractivity contribution in [1.29, 1.82) is 0 Å². The number of hydrogen-bond acceptors (Lipinski definition) is 2. The predicted octanol–water partition coefficient (Wildman–Crippen LogP) is 2.59. The van der Waals surface area contributed by atoms with E-state index in [1.807, 2.05) is 22.4 Å². The van der Waals surface area contributed by atoms with Gasteiger partial charge in [-0.05, 0) is 24.3 Å². The molecule has 1 aliphatic heterocycles. The summed E-state index contributed by atoms with van der Waals surface area (Å²) in [5.41, 5.74) is 0. The average molecular weight is 230 g/mol. The number of hydrogen-bond donors (Lipinski definition) is 0. The van der Waals surface area contributed by atoms with Gasteiger partial charge in [-0.15, -0.1) is 22.9 Å². The number of rotatable bonds is 2. The van der Waals surface area contributed by atoms with E-state index >= 15 is 0 Å². The molecule has 0 N–H and O–H groups in total. The minimum absolute atomic E-state index is 0.142. The van der Waals surface area contributed by atoms with E-state index in [1.165, 1.54) is 11.3 Å². The van der Waals surface area contributed by atoms with Crippen LogP contribution in [-0.4, -0.2) is 29.3 Å². The molecule has 4 heteroatoms. The zero-order valence-electron chi connectivity index (χ0n) is 7.78. The van der Waals surface area contributed by atoms with E-state index in [-0.39, 0.29) is 11.9 Å². The zero-order valence-corrected chi connectivity index (χ0v) is 9.35. The van der Waals surface area contributed by atoms with Gasteiger partial charge in [-0.2, -0.15) is 0 Å². The quantitative estimate of drug-likeness (QED) is 0.714. The van der Waals surface area contributed by atoms with E-state index in [2.05, 4.69) is 0 Å². The summed E-state index contributed by atoms with van der Waals surface area (Å²) in [5, 5.41) is 1.93. The molecule has 2 heterocycles. The molecule has 76 valence electrons. The van der Waals surface area contributed by atoms with Crippen molar-refractivity contribution in [3.63, 3.8) is 0 Å². The van der Waals surface area contributed by atoms with Crippen molar-refractivity contribution >= 4 is 28.8 Å². The van der Waals surface area contributed by atoms with E-state index in [0.717, 1.165) is 24.3 Å². The highest BCUT2D eigenvalue weighted by molar-refractivity contribution is 7.12. The second kappa shape index (κ2) is 4.32. The molecule has 1 amide bonds. The molecule has 0 saturated carbocycles. The lowest BCUT2D eigenvalue weighted by Crippen LogP contribution is -2.36. The SMILES string of the molecule is O=C(c1cccs1)N1CCC[C@H]1CCl. The number of halogens is 1. The van der Waals surface area contributed by atoms with Crippen LogP contribution in [-0.2, 0) is 0 Å². The summed E-state index contributed by atoms with van der Waals surface area (Å²) < 4.78 is 0. The maximum absolute atomic E-state index is 12.0. The van der Waals surface area contributed by atoms with E-state index in [0.29, 0.717) is 5.88 Å². The minimum atomic E-state index is 0.142. The number of amides is 1. The van der Waals surface area contributed by atoms with Crippen molar-refractivity contribution in [2.75, 3.05) is 12.4 Å². The highest BCUT2D eigenvalue weighted by atomic mass is 35.5. The fourth-order valence-electron chi connectivity index (χ4n) is 1.81. The van der Waals surface area contributed by atoms with Gasteiger partial charge in [0.2, 0.25) is 0 Å². The van der Waals surface area contributed by atoms with Crippen LogP contribution in [0.2, 0.25) is 0 Å². The van der Waals surface area contributed by atoms with Gasteiger partial charge in [0, 0.05) is 18.5 Å². The van der Waals surface area contributed by atoms with Gasteiger partial charge in [-0.3, -0.25) is 4.79 Å². The van der Waals surface area contributed by atoms with Crippen LogP contribution in [0.3, 0.4) is 0 Å². The van der Waals surface area contributed by atoms with Crippen LogP contribution in [0.1, 0.15) is 22.5 Å². The Hall–Kier alpha value is -0.540. The van der Waals surface area contributed by atoms with E-state index < -0.39 is 0 Å². The first-order valence-electron chi connectivity index (χ1n) is 4.73. The summed E-state index contributed by atoms with van der Waals surface area (Å²) in [6.45, 7) is 0.855. The Labute approximate surface area is 92.5 Å². The summed E-state index contributed by atoms with van der Waals surface area (Å²) in [6, 6.07) is 4.02. The summed E-state index contributed by atoms with van der Waals surface area (Å²) in [5.74, 6) is 0.694. The first-order chi connectivity index (χ1) is 6.83. The summed E-state index contributed by atoms with van der Waals surface area (Å²) in [6.07, 6.45) is 2.12. The second-order valence-electron chi connectivity index (χ2n) is 3.43. The first-order valence-corrected chi connectivity index (χ1v) is 6.15. The molecule has 0 spiro atoms. The van der Waals surface area contributed by atoms with Crippen molar-refractivity contribution in [1.82, 2.24) is 4.90 Å². The predicted molar refractivity (Wildman–Crippen MR) is 59.1 cm³/mol. The Bertz CT molecular complexity index is 312. The minimum Gasteiger partial charge on any atom is -0.334 e. The van der Waals surface area contributed by atoms with Crippen molar-refractivity contribution in [2.45, 2.75) is 18.9 Å². The molecule has 0 bridgehead atoms. The molecule has 1 fully saturated rings. The van der Waals surface area contributed by atoms with Gasteiger partial charge in [0.05, 0.1) is 4.88 Å². The third-order valence-corrected chi connectivity index (χ3v) is 3.76. The van der Waals surface area contributed by atoms with Crippen LogP contribution in [0.25, 0.3) is 0 Å². The fraction of sp³-hybridized carbons (Fsp3) is 0.500. The van der Waals surface area contributed by atoms with Gasteiger partial charge >= 0.3 is 0 Å². The smallest absolute Gasteiger partial charge is 0.264 e. The molecule has 1 aliphatic rings. The lowest BCUT2D eigenvalue weighted by Gasteiger charge is -2.21. The van der Waals surface area contributed by atoms with Crippen LogP contribution in [0, 0.1) is 0 Å². The molecule has 1 aromatic rings. The van der Waals surface area contributed by atoms with Gasteiger partial charge in [0.15, 0.2) is 0 Å². The van der Waals surface area contributed by atoms with E-state index in [1.54, 1.807) is 0 Å². The maximum Gasteiger partial charge on any atom is 0.264 e. The molecule has 0 radical (unpaired) electrons. The van der Waals surface area contributed by atoms with Gasteiger partial charge in [-0.25, -0.2) is 0 Å². The Morgan fingerprint density at radius 1 is 1.71 bits per heavy atom. The Kier molecular flexibility index (Phi) is 3.08. The van der Waals surface area contributed by atoms with Crippen LogP contribution in [0.15, 0.2) is 17.5 Å². The standard InChI is InChI=1S/C10H12ClNOS/c11-7-8-3-1-5-12(8)10(13)9-4-2-6-14-9/h2,4,6,8H,1,3,5,7H2/t8-/m0/s1. The molecule has 0 aromatic carbocycles. The summed E-state index contributed by atoms with van der Waals surface area (Å²) in [7, 11) is 0. The molecular formula is C10H12ClNOS. The Morgan fingerprint density at radius 3 is 3.21 bits per heavy atom. The number of likely N-dealkylation sites (tertiary alicyclic amines) is 1. The molecular weight excluding hydrogens is 218 g/mol. The van der Waals surface area contributed by atoms with E-state index in [9.17, 15) is 4.79 Å². The number of carbonyl (C=O) groups excluding carboxylic acids is 1. The summed E-state index contributed by atoms with van der Waals surface area (Å²) >= 11 is 7.31. The Balaban J connectivity index is 2.11. The third kappa shape index (κ3) is 1.79. The van der Waals surface area contributed by atoms with Crippen LogP contribution >= 0.6 is 22.9 Å². The topological polar surface area (TPSA) is 20.3 Å². The largest absolute Gasteiger partial charge is 0.334 e. The van der Waals surface area contributed by atoms with Crippen molar-refractivity contribution in [3.05, 3.63) is 22.4 Å². The normalized spacial score (nSPS) is 21.5. The number of nitrogens with zero attached hydrogens (tertiary/aromatic N) is 1. The van der Waals surface area contributed by atoms with Gasteiger partial charge in [-0.1, -0.05) is 6.07 Å². The van der Waals surface area contributed by atoms with Crippen molar-refractivity contribution < 1.29 is 4.79 Å². The van der Waals surface area contributed by atoms with Gasteiger partial charge in [0.1, 0.15) is 0 Å². The second-order valence-corrected chi connectivity index (χ2v) is 4.68. The molecule has 14 heavy (non-hydrogen) atoms. The maximum atomic E-state index is 12.0. The monoisotopic (exact) mass is 229 g/mol. The lowest BCUT2D eigenvalue weighted by atomic mass is 10.2. The van der Waals surface area contributed by atoms with Crippen LogP contribution < -0.4 is 0 Å². The fourth-order valence-corrected chi connectivity index (χ4v) is 2.81. The van der Waals surface area contributed by atoms with Gasteiger partial charge in [0.25, 0.3) is 5.91 Å². The number of carbonyl (C=O) groups is 1. The first kappa shape index (κ1) is 9.99. The van der Waals surface area contributed by atoms with Crippen molar-refractivity contribution in [2.24, 2.45) is 0 Å². The van der Waals surface area contributed by atoms with Crippen LogP contribution in [0.4, 0.5) is 0 Å². The Morgan fingerprint density at radius 2 is 2.57 bits per heavy atom. The molecule has 1 atom stereocenters. The van der Waals surface area contributed by atoms with E-state index in [4.69, 9.17) is 11.6 Å². The third-order valence-electron chi connectivity index (χ3n) is 2.55.